The van der Waals surface area contributed by atoms with Gasteiger partial charge in [-0.05, 0) is 54.1 Å². The topological polar surface area (TPSA) is 102 Å². The number of methoxy groups -OCH3 is 1. The van der Waals surface area contributed by atoms with Crippen LogP contribution in [-0.2, 0) is 29.9 Å². The van der Waals surface area contributed by atoms with Crippen LogP contribution in [0, 0.1) is 0 Å². The zero-order valence-electron chi connectivity index (χ0n) is 18.9. The summed E-state index contributed by atoms with van der Waals surface area (Å²) in [7, 11) is -2.45. The Labute approximate surface area is 222 Å². The summed E-state index contributed by atoms with van der Waals surface area (Å²) in [6.07, 6.45) is 1.73. The van der Waals surface area contributed by atoms with Crippen molar-refractivity contribution in [2.24, 2.45) is 0 Å². The Balaban J connectivity index is 1.51. The summed E-state index contributed by atoms with van der Waals surface area (Å²) in [5.41, 5.74) is 2.26. The monoisotopic (exact) mass is 562 g/mol. The van der Waals surface area contributed by atoms with Crippen molar-refractivity contribution in [1.29, 1.82) is 0 Å². The first-order valence-electron chi connectivity index (χ1n) is 10.6. The zero-order chi connectivity index (χ0) is 25.9. The third-order valence-electron chi connectivity index (χ3n) is 5.27. The van der Waals surface area contributed by atoms with E-state index in [1.807, 2.05) is 12.1 Å². The molecule has 3 aromatic carbocycles. The van der Waals surface area contributed by atoms with Crippen molar-refractivity contribution >= 4 is 74.1 Å². The molecule has 0 bridgehead atoms. The van der Waals surface area contributed by atoms with Crippen LogP contribution in [0.5, 0.6) is 0 Å². The van der Waals surface area contributed by atoms with Crippen LogP contribution in [0.2, 0.25) is 10.0 Å². The Morgan fingerprint density at radius 1 is 1.08 bits per heavy atom. The van der Waals surface area contributed by atoms with Gasteiger partial charge in [0.2, 0.25) is 0 Å². The molecule has 0 aliphatic carbocycles. The van der Waals surface area contributed by atoms with Gasteiger partial charge in [0.05, 0.1) is 28.4 Å². The Bertz CT molecular complexity index is 1450. The summed E-state index contributed by atoms with van der Waals surface area (Å²) in [5, 5.41) is 6.26. The van der Waals surface area contributed by atoms with Gasteiger partial charge < -0.3 is 15.4 Å². The molecule has 0 aromatic heterocycles. The predicted octanol–water partition coefficient (Wildman–Crippen LogP) is 5.64. The second-order valence-electron chi connectivity index (χ2n) is 7.73. The first kappa shape index (κ1) is 26.1. The summed E-state index contributed by atoms with van der Waals surface area (Å²) in [5.74, 6) is -1.08. The van der Waals surface area contributed by atoms with Crippen LogP contribution in [0.15, 0.2) is 75.4 Å². The highest BCUT2D eigenvalue weighted by atomic mass is 35.5. The van der Waals surface area contributed by atoms with Gasteiger partial charge in [0.25, 0.3) is 5.91 Å². The van der Waals surface area contributed by atoms with Gasteiger partial charge in [0.15, 0.2) is 9.84 Å². The summed E-state index contributed by atoms with van der Waals surface area (Å²) in [6, 6.07) is 16.6. The van der Waals surface area contributed by atoms with Gasteiger partial charge in [-0.3, -0.25) is 9.59 Å². The Kier molecular flexibility index (Phi) is 7.94. The molecule has 2 N–H and O–H groups in total. The second-order valence-corrected chi connectivity index (χ2v) is 11.6. The number of amides is 1. The standard InChI is InChI=1S/C25H20Cl2N2O5S2/c1-34-24(30)13-28-16-7-5-15(6-8-16)11-23-25(31)29-21-12-17(9-10-22(21)35-23)36(32,33)14-18-19(26)3-2-4-20(18)27/h2-12,28H,13-14H2,1H3,(H,29,31)/b23-11+. The molecule has 4 rings (SSSR count). The van der Waals surface area contributed by atoms with E-state index < -0.39 is 9.84 Å². The number of rotatable bonds is 7. The number of esters is 1. The van der Waals surface area contributed by atoms with Crippen molar-refractivity contribution in [3.63, 3.8) is 0 Å². The fourth-order valence-corrected chi connectivity index (χ4v) is 6.42. The SMILES string of the molecule is COC(=O)CNc1ccc(/C=C2/Sc3ccc(S(=O)(=O)Cc4c(Cl)cccc4Cl)cc3NC2=O)cc1. The third kappa shape index (κ3) is 6.04. The van der Waals surface area contributed by atoms with E-state index in [1.165, 1.54) is 31.0 Å². The van der Waals surface area contributed by atoms with E-state index in [2.05, 4.69) is 15.4 Å². The Hall–Kier alpha value is -2.98. The quantitative estimate of drug-likeness (QED) is 0.284. The van der Waals surface area contributed by atoms with E-state index in [0.717, 1.165) is 11.3 Å². The number of fused-ring (bicyclic) bond motifs is 1. The lowest BCUT2D eigenvalue weighted by Crippen LogP contribution is -2.18. The van der Waals surface area contributed by atoms with E-state index in [0.29, 0.717) is 21.1 Å². The molecule has 11 heteroatoms. The van der Waals surface area contributed by atoms with Crippen LogP contribution in [0.3, 0.4) is 0 Å². The molecule has 0 saturated carbocycles. The molecular weight excluding hydrogens is 543 g/mol. The normalized spacial score (nSPS) is 14.2. The van der Waals surface area contributed by atoms with Gasteiger partial charge >= 0.3 is 5.97 Å². The van der Waals surface area contributed by atoms with Crippen molar-refractivity contribution in [3.8, 4) is 0 Å². The molecule has 3 aromatic rings. The maximum atomic E-state index is 13.0. The van der Waals surface area contributed by atoms with Crippen molar-refractivity contribution in [2.75, 3.05) is 24.3 Å². The number of thioether (sulfide) groups is 1. The molecule has 0 atom stereocenters. The number of carbonyl (C=O) groups excluding carboxylic acids is 2. The third-order valence-corrected chi connectivity index (χ3v) is 8.72. The molecule has 7 nitrogen and oxygen atoms in total. The van der Waals surface area contributed by atoms with Crippen LogP contribution in [0.25, 0.3) is 6.08 Å². The van der Waals surface area contributed by atoms with Gasteiger partial charge in [-0.1, -0.05) is 53.2 Å². The molecule has 0 spiro atoms. The average molecular weight is 563 g/mol. The number of anilines is 2. The number of ether oxygens (including phenoxy) is 1. The summed E-state index contributed by atoms with van der Waals surface area (Å²) >= 11 is 13.5. The minimum Gasteiger partial charge on any atom is -0.468 e. The van der Waals surface area contributed by atoms with Crippen LogP contribution >= 0.6 is 35.0 Å². The molecule has 36 heavy (non-hydrogen) atoms. The smallest absolute Gasteiger partial charge is 0.325 e. The number of hydrogen-bond donors (Lipinski definition) is 2. The summed E-state index contributed by atoms with van der Waals surface area (Å²) in [4.78, 5) is 25.2. The molecule has 1 aliphatic heterocycles. The highest BCUT2D eigenvalue weighted by Crippen LogP contribution is 2.40. The second kappa shape index (κ2) is 11.0. The summed E-state index contributed by atoms with van der Waals surface area (Å²) in [6.45, 7) is 0.0507. The lowest BCUT2D eigenvalue weighted by molar-refractivity contribution is -0.138. The van der Waals surface area contributed by atoms with Gasteiger partial charge in [-0.2, -0.15) is 0 Å². The van der Waals surface area contributed by atoms with Crippen LogP contribution in [0.4, 0.5) is 11.4 Å². The first-order valence-corrected chi connectivity index (χ1v) is 13.8. The Morgan fingerprint density at radius 3 is 2.44 bits per heavy atom. The van der Waals surface area contributed by atoms with Crippen LogP contribution < -0.4 is 10.6 Å². The molecule has 1 aliphatic rings. The molecule has 1 amide bonds. The average Bonchev–Trinajstić information content (AvgIpc) is 2.86. The van der Waals surface area contributed by atoms with Crippen molar-refractivity contribution in [1.82, 2.24) is 0 Å². The molecular formula is C25H20Cl2N2O5S2. The lowest BCUT2D eigenvalue weighted by Gasteiger charge is -2.19. The van der Waals surface area contributed by atoms with Gasteiger partial charge in [-0.15, -0.1) is 0 Å². The van der Waals surface area contributed by atoms with Crippen LogP contribution in [-0.4, -0.2) is 33.9 Å². The minimum absolute atomic E-state index is 0.0507. The highest BCUT2D eigenvalue weighted by molar-refractivity contribution is 8.04. The molecule has 0 unspecified atom stereocenters. The molecule has 0 saturated heterocycles. The van der Waals surface area contributed by atoms with E-state index in [1.54, 1.807) is 42.5 Å². The molecule has 0 radical (unpaired) electrons. The minimum atomic E-state index is -3.77. The number of hydrogen-bond acceptors (Lipinski definition) is 7. The first-order chi connectivity index (χ1) is 17.2. The van der Waals surface area contributed by atoms with Crippen molar-refractivity contribution < 1.29 is 22.7 Å². The van der Waals surface area contributed by atoms with Gasteiger partial charge in [0, 0.05) is 26.2 Å². The fourth-order valence-electron chi connectivity index (χ4n) is 3.37. The zero-order valence-corrected chi connectivity index (χ0v) is 22.0. The number of nitrogens with one attached hydrogen (secondary N) is 2. The largest absolute Gasteiger partial charge is 0.468 e. The number of sulfone groups is 1. The van der Waals surface area contributed by atoms with E-state index in [4.69, 9.17) is 23.2 Å². The Morgan fingerprint density at radius 2 is 1.78 bits per heavy atom. The lowest BCUT2D eigenvalue weighted by atomic mass is 10.2. The van der Waals surface area contributed by atoms with Crippen molar-refractivity contribution in [3.05, 3.63) is 86.7 Å². The molecule has 186 valence electrons. The number of halogens is 2. The van der Waals surface area contributed by atoms with Crippen LogP contribution in [0.1, 0.15) is 11.1 Å². The van der Waals surface area contributed by atoms with Gasteiger partial charge in [0.1, 0.15) is 6.54 Å². The van der Waals surface area contributed by atoms with E-state index in [9.17, 15) is 18.0 Å². The molecule has 1 heterocycles. The number of benzene rings is 3. The molecule has 0 fully saturated rings. The highest BCUT2D eigenvalue weighted by Gasteiger charge is 2.25. The fraction of sp³-hybridized carbons (Fsp3) is 0.120. The maximum absolute atomic E-state index is 13.0. The van der Waals surface area contributed by atoms with E-state index in [-0.39, 0.29) is 39.1 Å². The predicted molar refractivity (Wildman–Crippen MR) is 143 cm³/mol. The van der Waals surface area contributed by atoms with E-state index >= 15 is 0 Å². The van der Waals surface area contributed by atoms with Crippen molar-refractivity contribution in [2.45, 2.75) is 15.5 Å². The van der Waals surface area contributed by atoms with Gasteiger partial charge in [-0.25, -0.2) is 8.42 Å². The number of carbonyl (C=O) groups is 2. The maximum Gasteiger partial charge on any atom is 0.325 e. The summed E-state index contributed by atoms with van der Waals surface area (Å²) < 4.78 is 30.7.